The maximum Gasteiger partial charge on any atom is 0.128 e. The van der Waals surface area contributed by atoms with Gasteiger partial charge in [-0.05, 0) is 12.5 Å². The molecule has 1 aromatic carbocycles. The van der Waals surface area contributed by atoms with Crippen LogP contribution >= 0.6 is 0 Å². The Kier molecular flexibility index (Phi) is 3.80. The van der Waals surface area contributed by atoms with E-state index in [9.17, 15) is 9.50 Å². The summed E-state index contributed by atoms with van der Waals surface area (Å²) in [4.78, 5) is 0. The van der Waals surface area contributed by atoms with E-state index in [1.54, 1.807) is 24.3 Å². The molecule has 0 saturated carbocycles. The van der Waals surface area contributed by atoms with Gasteiger partial charge in [0.05, 0.1) is 11.6 Å². The highest BCUT2D eigenvalue weighted by Crippen LogP contribution is 2.35. The summed E-state index contributed by atoms with van der Waals surface area (Å²) in [6.45, 7) is 4.66. The molecule has 3 nitrogen and oxygen atoms in total. The predicted molar refractivity (Wildman–Crippen MR) is 69.4 cm³/mol. The highest BCUT2D eigenvalue weighted by Gasteiger charge is 2.45. The van der Waals surface area contributed by atoms with Crippen molar-refractivity contribution < 1.29 is 9.50 Å². The number of aliphatic hydroxyl groups is 1. The summed E-state index contributed by atoms with van der Waals surface area (Å²) in [5.74, 6) is -0.535. The van der Waals surface area contributed by atoms with Crippen LogP contribution in [-0.4, -0.2) is 24.3 Å². The number of nitrogens with one attached hydrogen (secondary N) is 1. The normalized spacial score (nSPS) is 29.2. The topological polar surface area (TPSA) is 58.3 Å². The van der Waals surface area contributed by atoms with Crippen LogP contribution in [0.5, 0.6) is 0 Å². The van der Waals surface area contributed by atoms with Gasteiger partial charge in [0.15, 0.2) is 0 Å². The number of aliphatic hydroxyl groups excluding tert-OH is 1. The van der Waals surface area contributed by atoms with Crippen molar-refractivity contribution in [2.24, 2.45) is 11.7 Å². The zero-order valence-corrected chi connectivity index (χ0v) is 10.3. The Morgan fingerprint density at radius 2 is 2.33 bits per heavy atom. The van der Waals surface area contributed by atoms with Gasteiger partial charge in [0.2, 0.25) is 0 Å². The minimum atomic E-state index is -0.867. The molecule has 1 saturated heterocycles. The van der Waals surface area contributed by atoms with Crippen molar-refractivity contribution >= 4 is 0 Å². The number of hydrogen-bond donors (Lipinski definition) is 3. The molecular weight excluding hydrogens is 231 g/mol. The van der Waals surface area contributed by atoms with Crippen LogP contribution in [0.1, 0.15) is 12.0 Å². The summed E-state index contributed by atoms with van der Waals surface area (Å²) in [6, 6.07) is 6.50. The highest BCUT2D eigenvalue weighted by molar-refractivity contribution is 5.29. The molecule has 3 atom stereocenters. The first-order valence-corrected chi connectivity index (χ1v) is 6.13. The van der Waals surface area contributed by atoms with Crippen molar-refractivity contribution in [2.75, 3.05) is 13.1 Å². The van der Waals surface area contributed by atoms with Gasteiger partial charge in [-0.15, -0.1) is 6.58 Å². The molecule has 4 N–H and O–H groups in total. The van der Waals surface area contributed by atoms with Crippen molar-refractivity contribution in [3.8, 4) is 0 Å². The first-order chi connectivity index (χ1) is 8.59. The predicted octanol–water partition coefficient (Wildman–Crippen LogP) is 1.14. The van der Waals surface area contributed by atoms with Crippen molar-refractivity contribution in [3.05, 3.63) is 48.3 Å². The lowest BCUT2D eigenvalue weighted by Crippen LogP contribution is -2.49. The molecule has 0 aliphatic carbocycles. The van der Waals surface area contributed by atoms with E-state index in [-0.39, 0.29) is 11.7 Å². The maximum absolute atomic E-state index is 13.9. The Hall–Kier alpha value is -1.23. The summed E-state index contributed by atoms with van der Waals surface area (Å²) < 4.78 is 13.9. The average molecular weight is 250 g/mol. The smallest absolute Gasteiger partial charge is 0.128 e. The number of rotatable bonds is 4. The lowest BCUT2D eigenvalue weighted by molar-refractivity contribution is 0.0834. The van der Waals surface area contributed by atoms with Crippen LogP contribution in [0.3, 0.4) is 0 Å². The molecule has 1 aliphatic heterocycles. The summed E-state index contributed by atoms with van der Waals surface area (Å²) in [7, 11) is 0. The van der Waals surface area contributed by atoms with Crippen LogP contribution in [0.15, 0.2) is 36.9 Å². The van der Waals surface area contributed by atoms with Gasteiger partial charge in [0, 0.05) is 24.6 Å². The van der Waals surface area contributed by atoms with Gasteiger partial charge in [-0.2, -0.15) is 0 Å². The summed E-state index contributed by atoms with van der Waals surface area (Å²) in [5.41, 5.74) is 5.95. The summed E-state index contributed by atoms with van der Waals surface area (Å²) >= 11 is 0. The van der Waals surface area contributed by atoms with Crippen LogP contribution in [0, 0.1) is 11.7 Å². The Morgan fingerprint density at radius 3 is 3.00 bits per heavy atom. The van der Waals surface area contributed by atoms with Crippen molar-refractivity contribution in [2.45, 2.75) is 18.1 Å². The minimum absolute atomic E-state index is 0.215. The van der Waals surface area contributed by atoms with Gasteiger partial charge in [-0.25, -0.2) is 4.39 Å². The molecular formula is C14H19FN2O. The molecule has 0 spiro atoms. The van der Waals surface area contributed by atoms with Crippen LogP contribution in [0.4, 0.5) is 4.39 Å². The SMILES string of the molecule is C=CCC(O)[C@@H]1CNC[C@@]1(N)c1ccccc1F. The van der Waals surface area contributed by atoms with Crippen LogP contribution < -0.4 is 11.1 Å². The number of halogens is 1. The third-order valence-corrected chi connectivity index (χ3v) is 3.69. The molecule has 98 valence electrons. The van der Waals surface area contributed by atoms with E-state index in [1.165, 1.54) is 6.07 Å². The molecule has 1 aromatic rings. The first-order valence-electron chi connectivity index (χ1n) is 6.13. The van der Waals surface area contributed by atoms with Gasteiger partial charge in [0.25, 0.3) is 0 Å². The zero-order valence-electron chi connectivity index (χ0n) is 10.3. The number of hydrogen-bond acceptors (Lipinski definition) is 3. The zero-order chi connectivity index (χ0) is 13.2. The lowest BCUT2D eigenvalue weighted by Gasteiger charge is -2.34. The number of nitrogens with two attached hydrogens (primary N) is 1. The van der Waals surface area contributed by atoms with E-state index in [0.717, 1.165) is 0 Å². The molecule has 1 fully saturated rings. The average Bonchev–Trinajstić information content (AvgIpc) is 2.73. The molecule has 1 heterocycles. The van der Waals surface area contributed by atoms with Gasteiger partial charge in [-0.3, -0.25) is 0 Å². The fourth-order valence-electron chi connectivity index (χ4n) is 2.70. The number of benzene rings is 1. The van der Waals surface area contributed by atoms with Crippen LogP contribution in [0.25, 0.3) is 0 Å². The second-order valence-corrected chi connectivity index (χ2v) is 4.85. The van der Waals surface area contributed by atoms with Crippen LogP contribution in [0.2, 0.25) is 0 Å². The summed E-state index contributed by atoms with van der Waals surface area (Å²) in [6.07, 6.45) is 1.51. The van der Waals surface area contributed by atoms with Crippen molar-refractivity contribution in [3.63, 3.8) is 0 Å². The van der Waals surface area contributed by atoms with Gasteiger partial charge in [-0.1, -0.05) is 24.3 Å². The standard InChI is InChI=1S/C14H19FN2O/c1-2-5-13(18)11-8-17-9-14(11,16)10-6-3-4-7-12(10)15/h2-4,6-7,11,13,17-18H,1,5,8-9,16H2/t11-,13?,14+/m0/s1. The van der Waals surface area contributed by atoms with Gasteiger partial charge in [0.1, 0.15) is 5.82 Å². The second-order valence-electron chi connectivity index (χ2n) is 4.85. The monoisotopic (exact) mass is 250 g/mol. The van der Waals surface area contributed by atoms with E-state index in [4.69, 9.17) is 5.73 Å². The molecule has 1 unspecified atom stereocenters. The molecule has 0 amide bonds. The van der Waals surface area contributed by atoms with E-state index in [2.05, 4.69) is 11.9 Å². The highest BCUT2D eigenvalue weighted by atomic mass is 19.1. The largest absolute Gasteiger partial charge is 0.392 e. The molecule has 2 rings (SSSR count). The van der Waals surface area contributed by atoms with Crippen molar-refractivity contribution in [1.82, 2.24) is 5.32 Å². The van der Waals surface area contributed by atoms with E-state index in [0.29, 0.717) is 25.1 Å². The third-order valence-electron chi connectivity index (χ3n) is 3.69. The van der Waals surface area contributed by atoms with E-state index in [1.807, 2.05) is 0 Å². The fraction of sp³-hybridized carbons (Fsp3) is 0.429. The Morgan fingerprint density at radius 1 is 1.61 bits per heavy atom. The third kappa shape index (κ3) is 2.19. The molecule has 1 aliphatic rings. The fourth-order valence-corrected chi connectivity index (χ4v) is 2.70. The first kappa shape index (κ1) is 13.2. The minimum Gasteiger partial charge on any atom is -0.392 e. The molecule has 0 aromatic heterocycles. The molecule has 4 heteroatoms. The van der Waals surface area contributed by atoms with Gasteiger partial charge < -0.3 is 16.2 Å². The Labute approximate surface area is 107 Å². The maximum atomic E-state index is 13.9. The molecule has 18 heavy (non-hydrogen) atoms. The lowest BCUT2D eigenvalue weighted by atomic mass is 9.77. The van der Waals surface area contributed by atoms with Crippen LogP contribution in [-0.2, 0) is 5.54 Å². The molecule has 0 radical (unpaired) electrons. The molecule has 0 bridgehead atoms. The van der Waals surface area contributed by atoms with E-state index < -0.39 is 11.6 Å². The Bertz CT molecular complexity index is 438. The van der Waals surface area contributed by atoms with E-state index >= 15 is 0 Å². The second kappa shape index (κ2) is 5.18. The Balaban J connectivity index is 2.34. The van der Waals surface area contributed by atoms with Gasteiger partial charge >= 0.3 is 0 Å². The van der Waals surface area contributed by atoms with Crippen molar-refractivity contribution in [1.29, 1.82) is 0 Å². The summed E-state index contributed by atoms with van der Waals surface area (Å²) in [5, 5.41) is 13.3. The quantitative estimate of drug-likeness (QED) is 0.702.